The molecule has 0 atom stereocenters. The van der Waals surface area contributed by atoms with Crippen LogP contribution in [-0.4, -0.2) is 49.0 Å². The van der Waals surface area contributed by atoms with Crippen molar-refractivity contribution in [2.45, 2.75) is 0 Å². The number of hydrogen-bond acceptors (Lipinski definition) is 5. The molecule has 0 saturated carbocycles. The zero-order valence-electron chi connectivity index (χ0n) is 14.6. The molecule has 0 radical (unpaired) electrons. The van der Waals surface area contributed by atoms with E-state index in [-0.39, 0.29) is 16.3 Å². The lowest BCUT2D eigenvalue weighted by Gasteiger charge is -2.34. The second-order valence-corrected chi connectivity index (χ2v) is 7.15. The Hall–Kier alpha value is -2.35. The first-order valence-electron chi connectivity index (χ1n) is 8.33. The van der Waals surface area contributed by atoms with Crippen LogP contribution in [0.2, 0.25) is 10.0 Å². The first kappa shape index (κ1) is 19.4. The van der Waals surface area contributed by atoms with Gasteiger partial charge in [-0.2, -0.15) is 0 Å². The van der Waals surface area contributed by atoms with Crippen LogP contribution in [0.5, 0.6) is 0 Å². The minimum absolute atomic E-state index is 0.0156. The van der Waals surface area contributed by atoms with E-state index in [9.17, 15) is 14.9 Å². The molecule has 1 fully saturated rings. The predicted molar refractivity (Wildman–Crippen MR) is 107 cm³/mol. The minimum Gasteiger partial charge on any atom is -0.368 e. The molecule has 1 aliphatic rings. The third kappa shape index (κ3) is 4.50. The molecule has 1 amide bonds. The maximum atomic E-state index is 12.4. The Balaban J connectivity index is 1.73. The SMILES string of the molecule is CN1CCN(c2ccc(NC(=O)c3ccc([N+](=O)[O-])cc3Cl)cc2Cl)CC1. The summed E-state index contributed by atoms with van der Waals surface area (Å²) in [6, 6.07) is 9.06. The number of hydrogen-bond donors (Lipinski definition) is 1. The summed E-state index contributed by atoms with van der Waals surface area (Å²) in [5, 5.41) is 14.1. The summed E-state index contributed by atoms with van der Waals surface area (Å²) in [6.07, 6.45) is 0. The zero-order chi connectivity index (χ0) is 19.6. The lowest BCUT2D eigenvalue weighted by molar-refractivity contribution is -0.384. The van der Waals surface area contributed by atoms with Gasteiger partial charge in [-0.05, 0) is 31.3 Å². The van der Waals surface area contributed by atoms with E-state index in [0.29, 0.717) is 10.7 Å². The number of nitrogens with one attached hydrogen (secondary N) is 1. The topological polar surface area (TPSA) is 78.7 Å². The standard InChI is InChI=1S/C18H18Cl2N4O3/c1-22-6-8-23(9-7-22)17-5-2-12(10-16(17)20)21-18(25)14-4-3-13(24(26)27)11-15(14)19/h2-5,10-11H,6-9H2,1H3,(H,21,25). The molecular weight excluding hydrogens is 391 g/mol. The molecule has 1 heterocycles. The third-order valence-corrected chi connectivity index (χ3v) is 5.07. The van der Waals surface area contributed by atoms with Crippen LogP contribution in [0, 0.1) is 10.1 Å². The Morgan fingerprint density at radius 2 is 1.78 bits per heavy atom. The second kappa shape index (κ2) is 8.12. The number of piperazine rings is 1. The number of carbonyl (C=O) groups is 1. The van der Waals surface area contributed by atoms with Gasteiger partial charge in [0.2, 0.25) is 0 Å². The van der Waals surface area contributed by atoms with Crippen molar-refractivity contribution in [2.24, 2.45) is 0 Å². The number of non-ortho nitro benzene ring substituents is 1. The van der Waals surface area contributed by atoms with Crippen molar-refractivity contribution < 1.29 is 9.72 Å². The van der Waals surface area contributed by atoms with Gasteiger partial charge in [-0.15, -0.1) is 0 Å². The third-order valence-electron chi connectivity index (χ3n) is 4.46. The largest absolute Gasteiger partial charge is 0.368 e. The van der Waals surface area contributed by atoms with E-state index in [1.54, 1.807) is 12.1 Å². The number of rotatable bonds is 4. The number of benzene rings is 2. The molecule has 9 heteroatoms. The van der Waals surface area contributed by atoms with Crippen LogP contribution in [0.4, 0.5) is 17.1 Å². The quantitative estimate of drug-likeness (QED) is 0.612. The Kier molecular flexibility index (Phi) is 5.84. The molecule has 0 aliphatic carbocycles. The molecule has 7 nitrogen and oxygen atoms in total. The molecule has 2 aromatic rings. The van der Waals surface area contributed by atoms with Gasteiger partial charge in [0.25, 0.3) is 11.6 Å². The van der Waals surface area contributed by atoms with Gasteiger partial charge in [0, 0.05) is 44.0 Å². The van der Waals surface area contributed by atoms with Gasteiger partial charge in [0.15, 0.2) is 0 Å². The van der Waals surface area contributed by atoms with E-state index < -0.39 is 10.8 Å². The van der Waals surface area contributed by atoms with E-state index in [4.69, 9.17) is 23.2 Å². The fourth-order valence-electron chi connectivity index (χ4n) is 2.89. The fraction of sp³-hybridized carbons (Fsp3) is 0.278. The Morgan fingerprint density at radius 3 is 2.37 bits per heavy atom. The molecule has 2 aromatic carbocycles. The van der Waals surface area contributed by atoms with Crippen LogP contribution in [0.1, 0.15) is 10.4 Å². The highest BCUT2D eigenvalue weighted by Gasteiger charge is 2.18. The first-order chi connectivity index (χ1) is 12.8. The Labute approximate surface area is 166 Å². The molecule has 1 saturated heterocycles. The van der Waals surface area contributed by atoms with E-state index in [2.05, 4.69) is 22.2 Å². The van der Waals surface area contributed by atoms with Gasteiger partial charge < -0.3 is 15.1 Å². The number of nitro groups is 1. The number of anilines is 2. The first-order valence-corrected chi connectivity index (χ1v) is 9.09. The number of nitrogens with zero attached hydrogens (tertiary/aromatic N) is 3. The zero-order valence-corrected chi connectivity index (χ0v) is 16.1. The van der Waals surface area contributed by atoms with Crippen LogP contribution in [0.25, 0.3) is 0 Å². The molecule has 27 heavy (non-hydrogen) atoms. The minimum atomic E-state index is -0.565. The molecule has 0 bridgehead atoms. The van der Waals surface area contributed by atoms with Crippen molar-refractivity contribution in [3.05, 3.63) is 62.1 Å². The van der Waals surface area contributed by atoms with Crippen molar-refractivity contribution in [2.75, 3.05) is 43.4 Å². The average Bonchev–Trinajstić information content (AvgIpc) is 2.62. The molecule has 0 aromatic heterocycles. The van der Waals surface area contributed by atoms with Gasteiger partial charge in [0.1, 0.15) is 0 Å². The molecule has 1 aliphatic heterocycles. The van der Waals surface area contributed by atoms with Crippen LogP contribution < -0.4 is 10.2 Å². The van der Waals surface area contributed by atoms with Crippen LogP contribution in [-0.2, 0) is 0 Å². The van der Waals surface area contributed by atoms with Crippen molar-refractivity contribution in [1.29, 1.82) is 0 Å². The maximum absolute atomic E-state index is 12.4. The average molecular weight is 409 g/mol. The summed E-state index contributed by atoms with van der Waals surface area (Å²) < 4.78 is 0. The van der Waals surface area contributed by atoms with Crippen LogP contribution in [0.3, 0.4) is 0 Å². The van der Waals surface area contributed by atoms with Gasteiger partial charge in [-0.3, -0.25) is 14.9 Å². The smallest absolute Gasteiger partial charge is 0.270 e. The predicted octanol–water partition coefficient (Wildman–Crippen LogP) is 3.91. The number of halogens is 2. The van der Waals surface area contributed by atoms with Crippen molar-refractivity contribution >= 4 is 46.2 Å². The molecule has 1 N–H and O–H groups in total. The lowest BCUT2D eigenvalue weighted by Crippen LogP contribution is -2.44. The number of amides is 1. The molecule has 3 rings (SSSR count). The normalized spacial score (nSPS) is 14.9. The monoisotopic (exact) mass is 408 g/mol. The summed E-state index contributed by atoms with van der Waals surface area (Å²) in [7, 11) is 2.08. The van der Waals surface area contributed by atoms with Crippen LogP contribution >= 0.6 is 23.2 Å². The van der Waals surface area contributed by atoms with Crippen molar-refractivity contribution in [3.8, 4) is 0 Å². The summed E-state index contributed by atoms with van der Waals surface area (Å²) >= 11 is 12.4. The molecule has 0 spiro atoms. The number of nitro benzene ring substituents is 1. The number of carbonyl (C=O) groups excluding carboxylic acids is 1. The second-order valence-electron chi connectivity index (χ2n) is 6.33. The highest BCUT2D eigenvalue weighted by atomic mass is 35.5. The van der Waals surface area contributed by atoms with E-state index in [1.165, 1.54) is 12.1 Å². The molecule has 142 valence electrons. The Morgan fingerprint density at radius 1 is 1.07 bits per heavy atom. The fourth-order valence-corrected chi connectivity index (χ4v) is 3.45. The van der Waals surface area contributed by atoms with Gasteiger partial charge in [-0.25, -0.2) is 0 Å². The van der Waals surface area contributed by atoms with Gasteiger partial charge >= 0.3 is 0 Å². The van der Waals surface area contributed by atoms with Crippen molar-refractivity contribution in [3.63, 3.8) is 0 Å². The van der Waals surface area contributed by atoms with E-state index in [0.717, 1.165) is 37.9 Å². The highest BCUT2D eigenvalue weighted by Crippen LogP contribution is 2.30. The molecular formula is C18H18Cl2N4O3. The van der Waals surface area contributed by atoms with Gasteiger partial charge in [0.05, 0.1) is 26.2 Å². The summed E-state index contributed by atoms with van der Waals surface area (Å²) in [5.41, 5.74) is 1.44. The Bertz CT molecular complexity index is 883. The lowest BCUT2D eigenvalue weighted by atomic mass is 10.1. The van der Waals surface area contributed by atoms with Crippen LogP contribution in [0.15, 0.2) is 36.4 Å². The summed E-state index contributed by atoms with van der Waals surface area (Å²) in [5.74, 6) is -0.460. The summed E-state index contributed by atoms with van der Waals surface area (Å²) in [6.45, 7) is 3.71. The number of likely N-dealkylation sites (N-methyl/N-ethyl adjacent to an activating group) is 1. The van der Waals surface area contributed by atoms with Crippen molar-refractivity contribution in [1.82, 2.24) is 4.90 Å². The maximum Gasteiger partial charge on any atom is 0.270 e. The summed E-state index contributed by atoms with van der Waals surface area (Å²) in [4.78, 5) is 27.1. The molecule has 0 unspecified atom stereocenters. The van der Waals surface area contributed by atoms with E-state index >= 15 is 0 Å². The van der Waals surface area contributed by atoms with Gasteiger partial charge in [-0.1, -0.05) is 23.2 Å². The highest BCUT2D eigenvalue weighted by molar-refractivity contribution is 6.35. The van der Waals surface area contributed by atoms with E-state index in [1.807, 2.05) is 6.07 Å².